The number of thiazole rings is 1. The van der Waals surface area contributed by atoms with Crippen LogP contribution in [0.15, 0.2) is 6.20 Å². The highest BCUT2D eigenvalue weighted by Crippen LogP contribution is 2.41. The third-order valence-corrected chi connectivity index (χ3v) is 5.75. The minimum atomic E-state index is 0.809. The van der Waals surface area contributed by atoms with Crippen LogP contribution in [0.4, 0.5) is 0 Å². The van der Waals surface area contributed by atoms with Crippen molar-refractivity contribution in [3.05, 3.63) is 16.1 Å². The van der Waals surface area contributed by atoms with Crippen LogP contribution in [0.5, 0.6) is 0 Å². The summed E-state index contributed by atoms with van der Waals surface area (Å²) in [6.07, 6.45) is 7.59. The molecule has 0 bridgehead atoms. The molecule has 16 heavy (non-hydrogen) atoms. The van der Waals surface area contributed by atoms with Gasteiger partial charge in [0.25, 0.3) is 0 Å². The van der Waals surface area contributed by atoms with Crippen molar-refractivity contribution in [2.24, 2.45) is 0 Å². The lowest BCUT2D eigenvalue weighted by Gasteiger charge is -2.08. The van der Waals surface area contributed by atoms with Crippen LogP contribution in [0.1, 0.15) is 41.5 Å². The molecule has 1 aromatic heterocycles. The first kappa shape index (κ1) is 11.1. The third-order valence-electron chi connectivity index (χ3n) is 3.19. The van der Waals surface area contributed by atoms with Gasteiger partial charge in [0.1, 0.15) is 0 Å². The van der Waals surface area contributed by atoms with Crippen molar-refractivity contribution in [3.63, 3.8) is 0 Å². The monoisotopic (exact) mass is 254 g/mol. The zero-order valence-corrected chi connectivity index (χ0v) is 11.1. The molecule has 1 N–H and O–H groups in total. The summed E-state index contributed by atoms with van der Waals surface area (Å²) in [6, 6.07) is 0. The molecule has 1 atom stereocenters. The van der Waals surface area contributed by atoms with E-state index in [2.05, 4.69) is 28.3 Å². The predicted octanol–water partition coefficient (Wildman–Crippen LogP) is 3.01. The Morgan fingerprint density at radius 3 is 3.06 bits per heavy atom. The number of hydrogen-bond donors (Lipinski definition) is 1. The Morgan fingerprint density at radius 2 is 2.31 bits per heavy atom. The Hall–Kier alpha value is -0.0600. The van der Waals surface area contributed by atoms with Crippen molar-refractivity contribution >= 4 is 23.1 Å². The normalized spacial score (nSPS) is 25.1. The maximum atomic E-state index is 4.50. The SMILES string of the molecule is c1nc(C2CC2)sc1CNCC1CCCS1. The van der Waals surface area contributed by atoms with Crippen molar-refractivity contribution in [2.75, 3.05) is 12.3 Å². The second-order valence-corrected chi connectivity index (χ2v) is 7.26. The highest BCUT2D eigenvalue weighted by Gasteiger charge is 2.26. The molecule has 2 fully saturated rings. The summed E-state index contributed by atoms with van der Waals surface area (Å²) >= 11 is 4.03. The molecule has 0 aromatic carbocycles. The van der Waals surface area contributed by atoms with Gasteiger partial charge in [0, 0.05) is 35.3 Å². The molecule has 1 saturated carbocycles. The Labute approximate surface area is 105 Å². The van der Waals surface area contributed by atoms with Gasteiger partial charge < -0.3 is 5.32 Å². The van der Waals surface area contributed by atoms with E-state index >= 15 is 0 Å². The Morgan fingerprint density at radius 1 is 1.38 bits per heavy atom. The number of rotatable bonds is 5. The number of hydrogen-bond acceptors (Lipinski definition) is 4. The molecular weight excluding hydrogens is 236 g/mol. The number of thioether (sulfide) groups is 1. The third kappa shape index (κ3) is 2.79. The van der Waals surface area contributed by atoms with E-state index in [0.29, 0.717) is 0 Å². The lowest BCUT2D eigenvalue weighted by Crippen LogP contribution is -2.22. The van der Waals surface area contributed by atoms with Gasteiger partial charge in [-0.1, -0.05) is 0 Å². The summed E-state index contributed by atoms with van der Waals surface area (Å²) in [5.41, 5.74) is 0. The van der Waals surface area contributed by atoms with Crippen molar-refractivity contribution in [3.8, 4) is 0 Å². The van der Waals surface area contributed by atoms with Crippen LogP contribution in [0.25, 0.3) is 0 Å². The van der Waals surface area contributed by atoms with E-state index in [1.807, 2.05) is 11.3 Å². The summed E-state index contributed by atoms with van der Waals surface area (Å²) in [7, 11) is 0. The van der Waals surface area contributed by atoms with Crippen LogP contribution in [0, 0.1) is 0 Å². The van der Waals surface area contributed by atoms with Gasteiger partial charge in [-0.2, -0.15) is 11.8 Å². The quantitative estimate of drug-likeness (QED) is 0.874. The van der Waals surface area contributed by atoms with Gasteiger partial charge in [0.2, 0.25) is 0 Å². The minimum absolute atomic E-state index is 0.809. The molecule has 4 heteroatoms. The number of aromatic nitrogens is 1. The molecule has 2 aliphatic rings. The smallest absolute Gasteiger partial charge is 0.0959 e. The topological polar surface area (TPSA) is 24.9 Å². The molecular formula is C12H18N2S2. The minimum Gasteiger partial charge on any atom is -0.311 e. The molecule has 1 aliphatic heterocycles. The first-order valence-electron chi connectivity index (χ1n) is 6.19. The van der Waals surface area contributed by atoms with Crippen LogP contribution >= 0.6 is 23.1 Å². The van der Waals surface area contributed by atoms with Crippen molar-refractivity contribution < 1.29 is 0 Å². The second-order valence-electron chi connectivity index (χ2n) is 4.71. The molecule has 1 aliphatic carbocycles. The van der Waals surface area contributed by atoms with Gasteiger partial charge in [0.05, 0.1) is 5.01 Å². The average Bonchev–Trinajstić information content (AvgIpc) is 2.83. The van der Waals surface area contributed by atoms with Crippen molar-refractivity contribution in [1.29, 1.82) is 0 Å². The summed E-state index contributed by atoms with van der Waals surface area (Å²) in [6.45, 7) is 2.18. The molecule has 1 unspecified atom stereocenters. The second kappa shape index (κ2) is 5.07. The zero-order chi connectivity index (χ0) is 10.8. The van der Waals surface area contributed by atoms with Gasteiger partial charge in [-0.05, 0) is 31.4 Å². The first-order valence-corrected chi connectivity index (χ1v) is 8.05. The van der Waals surface area contributed by atoms with E-state index < -0.39 is 0 Å². The Bertz CT molecular complexity index is 341. The summed E-state index contributed by atoms with van der Waals surface area (Å²) < 4.78 is 0. The fourth-order valence-electron chi connectivity index (χ4n) is 2.09. The van der Waals surface area contributed by atoms with Gasteiger partial charge in [0.15, 0.2) is 0 Å². The fourth-order valence-corrected chi connectivity index (χ4v) is 4.38. The van der Waals surface area contributed by atoms with Crippen LogP contribution in [0.2, 0.25) is 0 Å². The lowest BCUT2D eigenvalue weighted by molar-refractivity contribution is 0.650. The number of nitrogens with one attached hydrogen (secondary N) is 1. The Balaban J connectivity index is 1.42. The van der Waals surface area contributed by atoms with E-state index in [4.69, 9.17) is 0 Å². The highest BCUT2D eigenvalue weighted by molar-refractivity contribution is 8.00. The lowest BCUT2D eigenvalue weighted by atomic mass is 10.2. The summed E-state index contributed by atoms with van der Waals surface area (Å²) in [5, 5.41) is 5.79. The largest absolute Gasteiger partial charge is 0.311 e. The van der Waals surface area contributed by atoms with E-state index in [9.17, 15) is 0 Å². The molecule has 88 valence electrons. The van der Waals surface area contributed by atoms with Crippen LogP contribution in [-0.4, -0.2) is 22.5 Å². The van der Waals surface area contributed by atoms with Gasteiger partial charge in [-0.15, -0.1) is 11.3 Å². The van der Waals surface area contributed by atoms with Crippen LogP contribution in [-0.2, 0) is 6.54 Å². The average molecular weight is 254 g/mol. The first-order chi connectivity index (χ1) is 7.92. The number of nitrogens with zero attached hydrogens (tertiary/aromatic N) is 1. The molecule has 2 heterocycles. The Kier molecular flexibility index (Phi) is 3.50. The van der Waals surface area contributed by atoms with Gasteiger partial charge >= 0.3 is 0 Å². The van der Waals surface area contributed by atoms with Gasteiger partial charge in [-0.25, -0.2) is 4.98 Å². The van der Waals surface area contributed by atoms with Gasteiger partial charge in [-0.3, -0.25) is 0 Å². The van der Waals surface area contributed by atoms with E-state index in [0.717, 1.165) is 17.7 Å². The summed E-state index contributed by atoms with van der Waals surface area (Å²) in [5.74, 6) is 2.17. The molecule has 0 radical (unpaired) electrons. The molecule has 2 nitrogen and oxygen atoms in total. The van der Waals surface area contributed by atoms with E-state index in [1.54, 1.807) is 0 Å². The van der Waals surface area contributed by atoms with Crippen LogP contribution in [0.3, 0.4) is 0 Å². The van der Waals surface area contributed by atoms with Crippen molar-refractivity contribution in [1.82, 2.24) is 10.3 Å². The van der Waals surface area contributed by atoms with Crippen LogP contribution < -0.4 is 5.32 Å². The summed E-state index contributed by atoms with van der Waals surface area (Å²) in [4.78, 5) is 5.91. The van der Waals surface area contributed by atoms with Crippen molar-refractivity contribution in [2.45, 2.75) is 43.4 Å². The maximum absolute atomic E-state index is 4.50. The molecule has 1 saturated heterocycles. The fraction of sp³-hybridized carbons (Fsp3) is 0.750. The van der Waals surface area contributed by atoms with E-state index in [1.165, 1.54) is 47.9 Å². The molecule has 3 rings (SSSR count). The molecule has 1 aromatic rings. The standard InChI is InChI=1S/C12H18N2S2/c1-2-10(15-5-1)6-13-7-11-8-14-12(16-11)9-3-4-9/h8-10,13H,1-7H2. The molecule has 0 amide bonds. The molecule has 0 spiro atoms. The zero-order valence-electron chi connectivity index (χ0n) is 9.45. The highest BCUT2D eigenvalue weighted by atomic mass is 32.2. The maximum Gasteiger partial charge on any atom is 0.0959 e. The predicted molar refractivity (Wildman–Crippen MR) is 71.3 cm³/mol. The van der Waals surface area contributed by atoms with E-state index in [-0.39, 0.29) is 0 Å².